The SMILES string of the molecule is CCCC1(C(=O)N2CCN(C)C(=O)C2)CCNC1. The maximum atomic E-state index is 12.7. The van der Waals surface area contributed by atoms with Gasteiger partial charge in [0.2, 0.25) is 11.8 Å². The van der Waals surface area contributed by atoms with Gasteiger partial charge in [0.05, 0.1) is 12.0 Å². The zero-order valence-corrected chi connectivity index (χ0v) is 11.4. The summed E-state index contributed by atoms with van der Waals surface area (Å²) in [5, 5.41) is 3.30. The zero-order chi connectivity index (χ0) is 13.2. The topological polar surface area (TPSA) is 52.7 Å². The summed E-state index contributed by atoms with van der Waals surface area (Å²) >= 11 is 0. The molecule has 0 saturated carbocycles. The van der Waals surface area contributed by atoms with Gasteiger partial charge in [-0.25, -0.2) is 0 Å². The Morgan fingerprint density at radius 3 is 2.78 bits per heavy atom. The smallest absolute Gasteiger partial charge is 0.241 e. The van der Waals surface area contributed by atoms with Crippen LogP contribution >= 0.6 is 0 Å². The van der Waals surface area contributed by atoms with E-state index in [0.717, 1.165) is 32.4 Å². The highest BCUT2D eigenvalue weighted by molar-refractivity contribution is 5.89. The fourth-order valence-corrected chi connectivity index (χ4v) is 2.99. The van der Waals surface area contributed by atoms with E-state index in [1.54, 1.807) is 16.8 Å². The van der Waals surface area contributed by atoms with Crippen LogP contribution in [0, 0.1) is 5.41 Å². The van der Waals surface area contributed by atoms with Gasteiger partial charge in [-0.2, -0.15) is 0 Å². The Hall–Kier alpha value is -1.10. The molecule has 0 aromatic carbocycles. The van der Waals surface area contributed by atoms with Gasteiger partial charge in [-0.05, 0) is 19.4 Å². The monoisotopic (exact) mass is 253 g/mol. The van der Waals surface area contributed by atoms with Crippen LogP contribution in [0.15, 0.2) is 0 Å². The minimum Gasteiger partial charge on any atom is -0.342 e. The number of amides is 2. The Morgan fingerprint density at radius 2 is 2.22 bits per heavy atom. The number of carbonyl (C=O) groups excluding carboxylic acids is 2. The second-order valence-electron chi connectivity index (χ2n) is 5.50. The third-order valence-electron chi connectivity index (χ3n) is 4.17. The Labute approximate surface area is 108 Å². The molecule has 1 atom stereocenters. The van der Waals surface area contributed by atoms with Crippen molar-refractivity contribution in [2.75, 3.05) is 39.8 Å². The Bertz CT molecular complexity index is 337. The van der Waals surface area contributed by atoms with Crippen molar-refractivity contribution in [1.29, 1.82) is 0 Å². The second-order valence-corrected chi connectivity index (χ2v) is 5.50. The molecule has 2 heterocycles. The van der Waals surface area contributed by atoms with Crippen LogP contribution in [0.3, 0.4) is 0 Å². The molecule has 0 bridgehead atoms. The van der Waals surface area contributed by atoms with Gasteiger partial charge in [0, 0.05) is 26.7 Å². The van der Waals surface area contributed by atoms with E-state index in [1.807, 2.05) is 0 Å². The van der Waals surface area contributed by atoms with E-state index in [2.05, 4.69) is 12.2 Å². The summed E-state index contributed by atoms with van der Waals surface area (Å²) in [5.41, 5.74) is -0.259. The molecular weight excluding hydrogens is 230 g/mol. The third kappa shape index (κ3) is 2.36. The van der Waals surface area contributed by atoms with E-state index >= 15 is 0 Å². The first-order valence-electron chi connectivity index (χ1n) is 6.83. The van der Waals surface area contributed by atoms with Crippen molar-refractivity contribution in [3.63, 3.8) is 0 Å². The molecular formula is C13H23N3O2. The van der Waals surface area contributed by atoms with Gasteiger partial charge in [0.25, 0.3) is 0 Å². The lowest BCUT2D eigenvalue weighted by Gasteiger charge is -2.38. The first kappa shape index (κ1) is 13.3. The molecule has 18 heavy (non-hydrogen) atoms. The molecule has 5 nitrogen and oxygen atoms in total. The third-order valence-corrected chi connectivity index (χ3v) is 4.17. The Balaban J connectivity index is 2.07. The number of piperazine rings is 1. The van der Waals surface area contributed by atoms with Crippen molar-refractivity contribution in [2.24, 2.45) is 5.41 Å². The molecule has 1 N–H and O–H groups in total. The largest absolute Gasteiger partial charge is 0.342 e. The quantitative estimate of drug-likeness (QED) is 0.774. The van der Waals surface area contributed by atoms with Crippen molar-refractivity contribution < 1.29 is 9.59 Å². The lowest BCUT2D eigenvalue weighted by molar-refractivity contribution is -0.150. The highest BCUT2D eigenvalue weighted by atomic mass is 16.2. The highest BCUT2D eigenvalue weighted by Gasteiger charge is 2.43. The minimum absolute atomic E-state index is 0.0483. The number of carbonyl (C=O) groups is 2. The molecule has 0 aromatic heterocycles. The fraction of sp³-hybridized carbons (Fsp3) is 0.846. The molecule has 2 aliphatic rings. The van der Waals surface area contributed by atoms with Crippen molar-refractivity contribution in [3.8, 4) is 0 Å². The summed E-state index contributed by atoms with van der Waals surface area (Å²) in [5.74, 6) is 0.225. The summed E-state index contributed by atoms with van der Waals surface area (Å²) in [4.78, 5) is 27.8. The molecule has 0 spiro atoms. The van der Waals surface area contributed by atoms with Gasteiger partial charge in [-0.3, -0.25) is 9.59 Å². The van der Waals surface area contributed by atoms with Crippen LogP contribution < -0.4 is 5.32 Å². The molecule has 1 unspecified atom stereocenters. The van der Waals surface area contributed by atoms with Crippen LogP contribution in [0.4, 0.5) is 0 Å². The normalized spacial score (nSPS) is 28.9. The van der Waals surface area contributed by atoms with E-state index in [4.69, 9.17) is 0 Å². The number of nitrogens with zero attached hydrogens (tertiary/aromatic N) is 2. The number of rotatable bonds is 3. The van der Waals surface area contributed by atoms with Crippen LogP contribution in [0.25, 0.3) is 0 Å². The van der Waals surface area contributed by atoms with E-state index in [9.17, 15) is 9.59 Å². The Kier molecular flexibility index (Phi) is 3.90. The van der Waals surface area contributed by atoms with E-state index in [0.29, 0.717) is 13.1 Å². The summed E-state index contributed by atoms with van der Waals surface area (Å²) < 4.78 is 0. The first-order valence-corrected chi connectivity index (χ1v) is 6.83. The van der Waals surface area contributed by atoms with Crippen molar-refractivity contribution >= 4 is 11.8 Å². The van der Waals surface area contributed by atoms with Crippen LogP contribution in [0.5, 0.6) is 0 Å². The summed E-state index contributed by atoms with van der Waals surface area (Å²) in [6.45, 7) is 5.36. The zero-order valence-electron chi connectivity index (χ0n) is 11.4. The second kappa shape index (κ2) is 5.26. The van der Waals surface area contributed by atoms with E-state index in [1.165, 1.54) is 0 Å². The maximum Gasteiger partial charge on any atom is 0.241 e. The van der Waals surface area contributed by atoms with Crippen LogP contribution in [0.2, 0.25) is 0 Å². The molecule has 2 saturated heterocycles. The summed E-state index contributed by atoms with van der Waals surface area (Å²) in [7, 11) is 1.79. The summed E-state index contributed by atoms with van der Waals surface area (Å²) in [6, 6.07) is 0. The van der Waals surface area contributed by atoms with E-state index < -0.39 is 0 Å². The average Bonchev–Trinajstić information content (AvgIpc) is 2.82. The molecule has 0 aromatic rings. The van der Waals surface area contributed by atoms with Crippen molar-refractivity contribution in [3.05, 3.63) is 0 Å². The number of hydrogen-bond donors (Lipinski definition) is 1. The average molecular weight is 253 g/mol. The predicted molar refractivity (Wildman–Crippen MR) is 69.0 cm³/mol. The fourth-order valence-electron chi connectivity index (χ4n) is 2.99. The number of hydrogen-bond acceptors (Lipinski definition) is 3. The van der Waals surface area contributed by atoms with Crippen LogP contribution in [-0.2, 0) is 9.59 Å². The molecule has 2 rings (SSSR count). The Morgan fingerprint density at radius 1 is 1.44 bits per heavy atom. The molecule has 102 valence electrons. The molecule has 0 aliphatic carbocycles. The lowest BCUT2D eigenvalue weighted by atomic mass is 9.81. The van der Waals surface area contributed by atoms with Gasteiger partial charge >= 0.3 is 0 Å². The van der Waals surface area contributed by atoms with Crippen LogP contribution in [-0.4, -0.2) is 61.4 Å². The van der Waals surface area contributed by atoms with Gasteiger partial charge in [0.15, 0.2) is 0 Å². The molecule has 2 aliphatic heterocycles. The van der Waals surface area contributed by atoms with E-state index in [-0.39, 0.29) is 23.8 Å². The summed E-state index contributed by atoms with van der Waals surface area (Å²) in [6.07, 6.45) is 2.83. The van der Waals surface area contributed by atoms with Gasteiger partial charge in [-0.1, -0.05) is 13.3 Å². The predicted octanol–water partition coefficient (Wildman–Crippen LogP) is 0.0668. The standard InChI is InChI=1S/C13H23N3O2/c1-3-4-13(5-6-14-10-13)12(18)16-8-7-15(2)11(17)9-16/h14H,3-10H2,1-2H3. The molecule has 0 radical (unpaired) electrons. The lowest BCUT2D eigenvalue weighted by Crippen LogP contribution is -2.55. The molecule has 5 heteroatoms. The maximum absolute atomic E-state index is 12.7. The van der Waals surface area contributed by atoms with Crippen molar-refractivity contribution in [1.82, 2.24) is 15.1 Å². The van der Waals surface area contributed by atoms with Gasteiger partial charge in [0.1, 0.15) is 0 Å². The number of nitrogens with one attached hydrogen (secondary N) is 1. The van der Waals surface area contributed by atoms with Gasteiger partial charge in [-0.15, -0.1) is 0 Å². The molecule has 2 amide bonds. The number of likely N-dealkylation sites (N-methyl/N-ethyl adjacent to an activating group) is 1. The minimum atomic E-state index is -0.259. The van der Waals surface area contributed by atoms with Crippen LogP contribution in [0.1, 0.15) is 26.2 Å². The van der Waals surface area contributed by atoms with Gasteiger partial charge < -0.3 is 15.1 Å². The highest BCUT2D eigenvalue weighted by Crippen LogP contribution is 2.33. The van der Waals surface area contributed by atoms with Crippen molar-refractivity contribution in [2.45, 2.75) is 26.2 Å². The first-order chi connectivity index (χ1) is 8.59. The molecule has 2 fully saturated rings.